The van der Waals surface area contributed by atoms with E-state index in [0.29, 0.717) is 5.92 Å². The van der Waals surface area contributed by atoms with Crippen LogP contribution >= 0.6 is 24.0 Å². The lowest BCUT2D eigenvalue weighted by Gasteiger charge is -2.18. The van der Waals surface area contributed by atoms with Crippen LogP contribution in [0.3, 0.4) is 0 Å². The van der Waals surface area contributed by atoms with Gasteiger partial charge in [0, 0.05) is 45.0 Å². The number of halogens is 1. The van der Waals surface area contributed by atoms with E-state index < -0.39 is 0 Å². The van der Waals surface area contributed by atoms with Crippen LogP contribution in [0.1, 0.15) is 24.8 Å². The summed E-state index contributed by atoms with van der Waals surface area (Å²) in [5.41, 5.74) is 1.38. The normalized spacial score (nSPS) is 12.3. The van der Waals surface area contributed by atoms with E-state index in [1.807, 2.05) is 19.2 Å². The lowest BCUT2D eigenvalue weighted by atomic mass is 9.97. The topological polar surface area (TPSA) is 41.4 Å². The second kappa shape index (κ2) is 11.1. The van der Waals surface area contributed by atoms with Crippen LogP contribution in [-0.4, -0.2) is 30.7 Å². The first-order valence-electron chi connectivity index (χ1n) is 7.93. The highest BCUT2D eigenvalue weighted by atomic mass is 127. The van der Waals surface area contributed by atoms with E-state index in [9.17, 15) is 0 Å². The van der Waals surface area contributed by atoms with Crippen LogP contribution in [0, 0.1) is 0 Å². The third-order valence-electron chi connectivity index (χ3n) is 3.83. The SMILES string of the molecule is CCC(CNC(=NC)NCCn1cccc1)c1ccccc1.I. The molecule has 0 aliphatic rings. The molecule has 5 heteroatoms. The summed E-state index contributed by atoms with van der Waals surface area (Å²) in [4.78, 5) is 4.29. The second-order valence-electron chi connectivity index (χ2n) is 5.32. The molecule has 126 valence electrons. The van der Waals surface area contributed by atoms with Crippen LogP contribution in [0.15, 0.2) is 59.9 Å². The zero-order valence-corrected chi connectivity index (χ0v) is 16.2. The minimum atomic E-state index is 0. The molecule has 0 radical (unpaired) electrons. The van der Waals surface area contributed by atoms with Crippen molar-refractivity contribution in [3.8, 4) is 0 Å². The van der Waals surface area contributed by atoms with Gasteiger partial charge in [-0.3, -0.25) is 4.99 Å². The molecule has 0 fully saturated rings. The lowest BCUT2D eigenvalue weighted by molar-refractivity contribution is 0.619. The molecular formula is C18H27IN4. The van der Waals surface area contributed by atoms with Gasteiger partial charge >= 0.3 is 0 Å². The Kier molecular flexibility index (Phi) is 9.43. The molecular weight excluding hydrogens is 399 g/mol. The molecule has 2 aromatic rings. The maximum absolute atomic E-state index is 4.29. The molecule has 0 aliphatic heterocycles. The number of hydrogen-bond donors (Lipinski definition) is 2. The van der Waals surface area contributed by atoms with Gasteiger partial charge in [0.2, 0.25) is 0 Å². The molecule has 0 amide bonds. The minimum absolute atomic E-state index is 0. The average Bonchev–Trinajstić information content (AvgIpc) is 3.08. The van der Waals surface area contributed by atoms with Crippen molar-refractivity contribution in [2.45, 2.75) is 25.8 Å². The number of guanidine groups is 1. The van der Waals surface area contributed by atoms with Crippen LogP contribution in [0.25, 0.3) is 0 Å². The van der Waals surface area contributed by atoms with E-state index in [2.05, 4.69) is 69.8 Å². The summed E-state index contributed by atoms with van der Waals surface area (Å²) in [5, 5.41) is 6.79. The molecule has 0 saturated carbocycles. The van der Waals surface area contributed by atoms with Crippen LogP contribution < -0.4 is 10.6 Å². The highest BCUT2D eigenvalue weighted by molar-refractivity contribution is 14.0. The Labute approximate surface area is 156 Å². The number of benzene rings is 1. The number of aromatic nitrogens is 1. The van der Waals surface area contributed by atoms with Crippen molar-refractivity contribution < 1.29 is 0 Å². The molecule has 2 N–H and O–H groups in total. The van der Waals surface area contributed by atoms with Gasteiger partial charge in [-0.05, 0) is 24.1 Å². The van der Waals surface area contributed by atoms with Crippen molar-refractivity contribution >= 4 is 29.9 Å². The van der Waals surface area contributed by atoms with Crippen molar-refractivity contribution in [3.05, 3.63) is 60.4 Å². The van der Waals surface area contributed by atoms with Gasteiger partial charge in [-0.1, -0.05) is 37.3 Å². The predicted octanol–water partition coefficient (Wildman–Crippen LogP) is 3.46. The molecule has 0 saturated heterocycles. The molecule has 23 heavy (non-hydrogen) atoms. The maximum atomic E-state index is 4.29. The van der Waals surface area contributed by atoms with E-state index in [1.165, 1.54) is 5.56 Å². The first-order valence-corrected chi connectivity index (χ1v) is 7.93. The van der Waals surface area contributed by atoms with Gasteiger partial charge in [0.25, 0.3) is 0 Å². The summed E-state index contributed by atoms with van der Waals surface area (Å²) in [6.07, 6.45) is 5.25. The number of nitrogens with zero attached hydrogens (tertiary/aromatic N) is 2. The van der Waals surface area contributed by atoms with E-state index in [-0.39, 0.29) is 24.0 Å². The van der Waals surface area contributed by atoms with Crippen molar-refractivity contribution in [2.24, 2.45) is 4.99 Å². The first kappa shape index (κ1) is 19.5. The van der Waals surface area contributed by atoms with Crippen molar-refractivity contribution in [1.82, 2.24) is 15.2 Å². The fourth-order valence-electron chi connectivity index (χ4n) is 2.49. The maximum Gasteiger partial charge on any atom is 0.191 e. The van der Waals surface area contributed by atoms with Crippen molar-refractivity contribution in [2.75, 3.05) is 20.1 Å². The third-order valence-corrected chi connectivity index (χ3v) is 3.83. The van der Waals surface area contributed by atoms with Gasteiger partial charge in [-0.15, -0.1) is 24.0 Å². The third kappa shape index (κ3) is 6.64. The van der Waals surface area contributed by atoms with Gasteiger partial charge < -0.3 is 15.2 Å². The molecule has 1 heterocycles. The van der Waals surface area contributed by atoms with Gasteiger partial charge in [0.15, 0.2) is 5.96 Å². The Bertz CT molecular complexity index is 552. The quantitative estimate of drug-likeness (QED) is 0.405. The molecule has 1 aromatic heterocycles. The summed E-state index contributed by atoms with van der Waals surface area (Å²) in [7, 11) is 1.81. The molecule has 0 spiro atoms. The van der Waals surface area contributed by atoms with E-state index in [4.69, 9.17) is 0 Å². The van der Waals surface area contributed by atoms with Gasteiger partial charge in [0.1, 0.15) is 0 Å². The summed E-state index contributed by atoms with van der Waals surface area (Å²) >= 11 is 0. The Morgan fingerprint density at radius 2 is 1.78 bits per heavy atom. The largest absolute Gasteiger partial charge is 0.356 e. The minimum Gasteiger partial charge on any atom is -0.356 e. The number of hydrogen-bond acceptors (Lipinski definition) is 1. The molecule has 2 rings (SSSR count). The zero-order chi connectivity index (χ0) is 15.6. The average molecular weight is 426 g/mol. The van der Waals surface area contributed by atoms with Gasteiger partial charge in [-0.2, -0.15) is 0 Å². The molecule has 1 atom stereocenters. The lowest BCUT2D eigenvalue weighted by Crippen LogP contribution is -2.40. The molecule has 0 aliphatic carbocycles. The highest BCUT2D eigenvalue weighted by Gasteiger charge is 2.09. The van der Waals surface area contributed by atoms with Gasteiger partial charge in [-0.25, -0.2) is 0 Å². The Morgan fingerprint density at radius 1 is 1.09 bits per heavy atom. The fraction of sp³-hybridized carbons (Fsp3) is 0.389. The van der Waals surface area contributed by atoms with Crippen LogP contribution in [0.4, 0.5) is 0 Å². The smallest absolute Gasteiger partial charge is 0.191 e. The molecule has 1 unspecified atom stereocenters. The zero-order valence-electron chi connectivity index (χ0n) is 13.9. The Morgan fingerprint density at radius 3 is 2.39 bits per heavy atom. The summed E-state index contributed by atoms with van der Waals surface area (Å²) in [6.45, 7) is 4.91. The summed E-state index contributed by atoms with van der Waals surface area (Å²) in [6, 6.07) is 14.7. The molecule has 1 aromatic carbocycles. The number of aliphatic imine (C=N–C) groups is 1. The second-order valence-corrected chi connectivity index (χ2v) is 5.32. The number of nitrogens with one attached hydrogen (secondary N) is 2. The number of rotatable bonds is 7. The molecule has 4 nitrogen and oxygen atoms in total. The van der Waals surface area contributed by atoms with Crippen LogP contribution in [0.2, 0.25) is 0 Å². The van der Waals surface area contributed by atoms with Crippen molar-refractivity contribution in [3.63, 3.8) is 0 Å². The van der Waals surface area contributed by atoms with Crippen LogP contribution in [-0.2, 0) is 6.54 Å². The first-order chi connectivity index (χ1) is 10.8. The Hall–Kier alpha value is -1.50. The monoisotopic (exact) mass is 426 g/mol. The van der Waals surface area contributed by atoms with E-state index in [1.54, 1.807) is 0 Å². The fourth-order valence-corrected chi connectivity index (χ4v) is 2.49. The standard InChI is InChI=1S/C18H26N4.HI/c1-3-16(17-9-5-4-6-10-17)15-21-18(19-2)20-11-14-22-12-7-8-13-22;/h4-10,12-13,16H,3,11,14-15H2,1-2H3,(H2,19,20,21);1H. The van der Waals surface area contributed by atoms with E-state index >= 15 is 0 Å². The highest BCUT2D eigenvalue weighted by Crippen LogP contribution is 2.17. The summed E-state index contributed by atoms with van der Waals surface area (Å²) < 4.78 is 2.15. The van der Waals surface area contributed by atoms with Crippen LogP contribution in [0.5, 0.6) is 0 Å². The molecule has 0 bridgehead atoms. The van der Waals surface area contributed by atoms with E-state index in [0.717, 1.165) is 32.0 Å². The Balaban J connectivity index is 0.00000264. The predicted molar refractivity (Wildman–Crippen MR) is 109 cm³/mol. The van der Waals surface area contributed by atoms with Gasteiger partial charge in [0.05, 0.1) is 0 Å². The van der Waals surface area contributed by atoms with Crippen molar-refractivity contribution in [1.29, 1.82) is 0 Å². The summed E-state index contributed by atoms with van der Waals surface area (Å²) in [5.74, 6) is 1.37.